The Morgan fingerprint density at radius 1 is 0.938 bits per heavy atom. The van der Waals surface area contributed by atoms with Crippen molar-refractivity contribution in [3.8, 4) is 17.0 Å². The lowest BCUT2D eigenvalue weighted by molar-refractivity contribution is -0.138. The molecular formula is C25H27FN4O2. The van der Waals surface area contributed by atoms with Crippen LogP contribution in [0.15, 0.2) is 54.6 Å². The summed E-state index contributed by atoms with van der Waals surface area (Å²) in [6.07, 6.45) is -0.544. The van der Waals surface area contributed by atoms with Gasteiger partial charge >= 0.3 is 0 Å². The molecule has 1 unspecified atom stereocenters. The minimum atomic E-state index is -0.544. The molecule has 0 saturated carbocycles. The first-order chi connectivity index (χ1) is 15.4. The minimum absolute atomic E-state index is 0.0125. The first kappa shape index (κ1) is 21.7. The van der Waals surface area contributed by atoms with Crippen molar-refractivity contribution in [2.24, 2.45) is 0 Å². The molecule has 0 spiro atoms. The van der Waals surface area contributed by atoms with E-state index in [0.29, 0.717) is 31.9 Å². The predicted octanol–water partition coefficient (Wildman–Crippen LogP) is 4.02. The van der Waals surface area contributed by atoms with Gasteiger partial charge in [0.05, 0.1) is 5.69 Å². The lowest BCUT2D eigenvalue weighted by atomic mass is 10.1. The number of nitrogens with zero attached hydrogens (tertiary/aromatic N) is 4. The SMILES string of the molecule is Cc1cc(C)cc(OC(C)C(=O)N2CCN(c3ccc(-c4ccc(F)cc4)nn3)CC2)c1. The number of halogens is 1. The number of hydrogen-bond acceptors (Lipinski definition) is 5. The fourth-order valence-corrected chi connectivity index (χ4v) is 3.94. The molecule has 166 valence electrons. The van der Waals surface area contributed by atoms with Gasteiger partial charge in [0.1, 0.15) is 11.6 Å². The Kier molecular flexibility index (Phi) is 6.35. The molecule has 0 radical (unpaired) electrons. The van der Waals surface area contributed by atoms with Crippen LogP contribution >= 0.6 is 0 Å². The zero-order valence-electron chi connectivity index (χ0n) is 18.6. The van der Waals surface area contributed by atoms with Crippen LogP contribution in [0.3, 0.4) is 0 Å². The molecule has 0 N–H and O–H groups in total. The van der Waals surface area contributed by atoms with E-state index in [0.717, 1.165) is 28.3 Å². The number of rotatable bonds is 5. The van der Waals surface area contributed by atoms with E-state index in [2.05, 4.69) is 21.2 Å². The summed E-state index contributed by atoms with van der Waals surface area (Å²) >= 11 is 0. The second kappa shape index (κ2) is 9.34. The van der Waals surface area contributed by atoms with Crippen molar-refractivity contribution in [3.05, 3.63) is 71.5 Å². The van der Waals surface area contributed by atoms with Gasteiger partial charge < -0.3 is 14.5 Å². The number of aryl methyl sites for hydroxylation is 2. The van der Waals surface area contributed by atoms with Crippen molar-refractivity contribution >= 4 is 11.7 Å². The number of amides is 1. The smallest absolute Gasteiger partial charge is 0.263 e. The summed E-state index contributed by atoms with van der Waals surface area (Å²) in [4.78, 5) is 16.8. The number of carbonyl (C=O) groups excluding carboxylic acids is 1. The Bertz CT molecular complexity index is 1060. The van der Waals surface area contributed by atoms with Gasteiger partial charge in [-0.05, 0) is 80.4 Å². The van der Waals surface area contributed by atoms with Crippen LogP contribution in [0.4, 0.5) is 10.2 Å². The highest BCUT2D eigenvalue weighted by Crippen LogP contribution is 2.21. The highest BCUT2D eigenvalue weighted by molar-refractivity contribution is 5.81. The molecule has 32 heavy (non-hydrogen) atoms. The fraction of sp³-hybridized carbons (Fsp3) is 0.320. The summed E-state index contributed by atoms with van der Waals surface area (Å²) in [6, 6.07) is 16.0. The Morgan fingerprint density at radius 2 is 1.59 bits per heavy atom. The molecule has 7 heteroatoms. The third-order valence-electron chi connectivity index (χ3n) is 5.56. The Labute approximate surface area is 187 Å². The molecule has 0 aliphatic carbocycles. The molecule has 2 heterocycles. The van der Waals surface area contributed by atoms with E-state index in [1.165, 1.54) is 12.1 Å². The zero-order chi connectivity index (χ0) is 22.7. The summed E-state index contributed by atoms with van der Waals surface area (Å²) in [6.45, 7) is 8.37. The quantitative estimate of drug-likeness (QED) is 0.607. The molecule has 1 atom stereocenters. The molecule has 1 aliphatic rings. The van der Waals surface area contributed by atoms with E-state index in [-0.39, 0.29) is 11.7 Å². The van der Waals surface area contributed by atoms with Crippen molar-refractivity contribution in [2.45, 2.75) is 26.9 Å². The first-order valence-electron chi connectivity index (χ1n) is 10.8. The van der Waals surface area contributed by atoms with Crippen LogP contribution in [0.2, 0.25) is 0 Å². The number of hydrogen-bond donors (Lipinski definition) is 0. The molecule has 1 aromatic heterocycles. The van der Waals surface area contributed by atoms with E-state index >= 15 is 0 Å². The van der Waals surface area contributed by atoms with Crippen molar-refractivity contribution < 1.29 is 13.9 Å². The topological polar surface area (TPSA) is 58.6 Å². The maximum atomic E-state index is 13.1. The second-order valence-electron chi connectivity index (χ2n) is 8.18. The third-order valence-corrected chi connectivity index (χ3v) is 5.56. The van der Waals surface area contributed by atoms with Crippen LogP contribution in [0.1, 0.15) is 18.1 Å². The number of benzene rings is 2. The maximum absolute atomic E-state index is 13.1. The van der Waals surface area contributed by atoms with E-state index in [9.17, 15) is 9.18 Å². The van der Waals surface area contributed by atoms with E-state index < -0.39 is 6.10 Å². The van der Waals surface area contributed by atoms with Crippen LogP contribution in [-0.4, -0.2) is 53.3 Å². The predicted molar refractivity (Wildman–Crippen MR) is 122 cm³/mol. The van der Waals surface area contributed by atoms with Crippen LogP contribution < -0.4 is 9.64 Å². The monoisotopic (exact) mass is 434 g/mol. The number of carbonyl (C=O) groups is 1. The molecule has 6 nitrogen and oxygen atoms in total. The molecule has 1 saturated heterocycles. The normalized spacial score (nSPS) is 14.9. The van der Waals surface area contributed by atoms with Crippen molar-refractivity contribution in [1.29, 1.82) is 0 Å². The van der Waals surface area contributed by atoms with Gasteiger partial charge in [-0.15, -0.1) is 10.2 Å². The Hall–Kier alpha value is -3.48. The maximum Gasteiger partial charge on any atom is 0.263 e. The standard InChI is InChI=1S/C25H27FN4O2/c1-17-14-18(2)16-22(15-17)32-19(3)25(31)30-12-10-29(11-13-30)24-9-8-23(27-28-24)20-4-6-21(26)7-5-20/h4-9,14-16,19H,10-13H2,1-3H3. The van der Waals surface area contributed by atoms with Crippen molar-refractivity contribution in [3.63, 3.8) is 0 Å². The highest BCUT2D eigenvalue weighted by Gasteiger charge is 2.26. The molecule has 1 amide bonds. The van der Waals surface area contributed by atoms with Crippen LogP contribution in [0.5, 0.6) is 5.75 Å². The van der Waals surface area contributed by atoms with Gasteiger partial charge in [0, 0.05) is 31.7 Å². The summed E-state index contributed by atoms with van der Waals surface area (Å²) in [5.41, 5.74) is 3.73. The average Bonchev–Trinajstić information content (AvgIpc) is 2.79. The number of anilines is 1. The second-order valence-corrected chi connectivity index (χ2v) is 8.18. The largest absolute Gasteiger partial charge is 0.481 e. The van der Waals surface area contributed by atoms with Crippen LogP contribution in [-0.2, 0) is 4.79 Å². The van der Waals surface area contributed by atoms with Crippen molar-refractivity contribution in [2.75, 3.05) is 31.1 Å². The molecule has 3 aromatic rings. The van der Waals surface area contributed by atoms with E-state index in [1.54, 1.807) is 19.1 Å². The third kappa shape index (κ3) is 5.04. The van der Waals surface area contributed by atoms with Gasteiger partial charge in [-0.25, -0.2) is 4.39 Å². The minimum Gasteiger partial charge on any atom is -0.481 e. The van der Waals surface area contributed by atoms with Gasteiger partial charge in [0.25, 0.3) is 5.91 Å². The Morgan fingerprint density at radius 3 is 2.19 bits per heavy atom. The summed E-state index contributed by atoms with van der Waals surface area (Å²) in [5, 5.41) is 8.62. The van der Waals surface area contributed by atoms with Crippen molar-refractivity contribution in [1.82, 2.24) is 15.1 Å². The van der Waals surface area contributed by atoms with Gasteiger partial charge in [-0.3, -0.25) is 4.79 Å². The van der Waals surface area contributed by atoms with E-state index in [4.69, 9.17) is 4.74 Å². The summed E-state index contributed by atoms with van der Waals surface area (Å²) in [5.74, 6) is 1.20. The molecule has 4 rings (SSSR count). The zero-order valence-corrected chi connectivity index (χ0v) is 18.6. The lowest BCUT2D eigenvalue weighted by Gasteiger charge is -2.36. The van der Waals surface area contributed by atoms with Crippen LogP contribution in [0.25, 0.3) is 11.3 Å². The number of ether oxygens (including phenoxy) is 1. The lowest BCUT2D eigenvalue weighted by Crippen LogP contribution is -2.52. The first-order valence-corrected chi connectivity index (χ1v) is 10.8. The van der Waals surface area contributed by atoms with Crippen LogP contribution in [0, 0.1) is 19.7 Å². The molecule has 0 bridgehead atoms. The molecule has 1 aliphatic heterocycles. The number of piperazine rings is 1. The summed E-state index contributed by atoms with van der Waals surface area (Å²) < 4.78 is 19.0. The van der Waals surface area contributed by atoms with E-state index in [1.807, 2.05) is 43.0 Å². The highest BCUT2D eigenvalue weighted by atomic mass is 19.1. The van der Waals surface area contributed by atoms with Gasteiger partial charge in [0.2, 0.25) is 0 Å². The average molecular weight is 435 g/mol. The summed E-state index contributed by atoms with van der Waals surface area (Å²) in [7, 11) is 0. The molecule has 2 aromatic carbocycles. The fourth-order valence-electron chi connectivity index (χ4n) is 3.94. The van der Waals surface area contributed by atoms with Gasteiger partial charge in [-0.1, -0.05) is 6.07 Å². The number of aromatic nitrogens is 2. The Balaban J connectivity index is 1.33. The van der Waals surface area contributed by atoms with Gasteiger partial charge in [0.15, 0.2) is 11.9 Å². The van der Waals surface area contributed by atoms with Gasteiger partial charge in [-0.2, -0.15) is 0 Å². The molecule has 1 fully saturated rings. The molecular weight excluding hydrogens is 407 g/mol.